The third-order valence-electron chi connectivity index (χ3n) is 3.47. The molecule has 3 N–H and O–H groups in total. The van der Waals surface area contributed by atoms with Crippen LogP contribution in [0.3, 0.4) is 0 Å². The molecule has 1 aliphatic rings. The average molecular weight is 264 g/mol. The number of benzene rings is 1. The summed E-state index contributed by atoms with van der Waals surface area (Å²) in [5.41, 5.74) is 5.78. The maximum Gasteiger partial charge on any atom is 0.0578 e. The van der Waals surface area contributed by atoms with Gasteiger partial charge >= 0.3 is 0 Å². The Bertz CT molecular complexity index is 373. The van der Waals surface area contributed by atoms with Gasteiger partial charge in [0.15, 0.2) is 0 Å². The van der Waals surface area contributed by atoms with Crippen LogP contribution in [-0.2, 0) is 6.42 Å². The van der Waals surface area contributed by atoms with Gasteiger partial charge in [0.05, 0.1) is 6.04 Å². The van der Waals surface area contributed by atoms with Crippen molar-refractivity contribution >= 4 is 11.8 Å². The van der Waals surface area contributed by atoms with E-state index in [1.165, 1.54) is 29.7 Å². The third-order valence-corrected chi connectivity index (χ3v) is 4.93. The van der Waals surface area contributed by atoms with Crippen LogP contribution in [0.15, 0.2) is 24.3 Å². The lowest BCUT2D eigenvalue weighted by Crippen LogP contribution is -2.34. The Balaban J connectivity index is 2.14. The fourth-order valence-corrected chi connectivity index (χ4v) is 4.07. The predicted molar refractivity (Wildman–Crippen MR) is 80.5 cm³/mol. The molecule has 0 amide bonds. The van der Waals surface area contributed by atoms with Crippen molar-refractivity contribution in [2.24, 2.45) is 11.8 Å². The van der Waals surface area contributed by atoms with Gasteiger partial charge in [0.1, 0.15) is 0 Å². The van der Waals surface area contributed by atoms with E-state index in [-0.39, 0.29) is 0 Å². The Morgan fingerprint density at radius 3 is 2.89 bits per heavy atom. The van der Waals surface area contributed by atoms with Gasteiger partial charge in [-0.05, 0) is 42.1 Å². The molecule has 18 heavy (non-hydrogen) atoms. The number of hydrazine groups is 1. The van der Waals surface area contributed by atoms with Crippen molar-refractivity contribution in [2.75, 3.05) is 5.75 Å². The van der Waals surface area contributed by atoms with Gasteiger partial charge in [-0.15, -0.1) is 0 Å². The number of rotatable bonds is 5. The van der Waals surface area contributed by atoms with Gasteiger partial charge in [-0.1, -0.05) is 38.1 Å². The van der Waals surface area contributed by atoms with E-state index < -0.39 is 0 Å². The Morgan fingerprint density at radius 1 is 1.44 bits per heavy atom. The van der Waals surface area contributed by atoms with Crippen molar-refractivity contribution in [3.8, 4) is 0 Å². The minimum atomic E-state index is 0.296. The van der Waals surface area contributed by atoms with Gasteiger partial charge in [-0.2, -0.15) is 11.8 Å². The molecule has 2 rings (SSSR count). The first-order valence-corrected chi connectivity index (χ1v) is 7.92. The molecular weight excluding hydrogens is 240 g/mol. The third kappa shape index (κ3) is 3.50. The molecule has 1 aromatic carbocycles. The molecule has 0 bridgehead atoms. The standard InChI is InChI=1S/C15H24N2S/c1-11(2)9-12-5-3-6-13(10-12)15(17-16)14-7-4-8-18-14/h3,5-6,10-11,14-15,17H,4,7-9,16H2,1-2H3. The smallest absolute Gasteiger partial charge is 0.0578 e. The molecule has 1 aliphatic heterocycles. The zero-order valence-corrected chi connectivity index (χ0v) is 12.2. The Kier molecular flexibility index (Phi) is 5.10. The summed E-state index contributed by atoms with van der Waals surface area (Å²) in [6.07, 6.45) is 3.73. The molecule has 2 unspecified atom stereocenters. The lowest BCUT2D eigenvalue weighted by molar-refractivity contribution is 0.519. The molecule has 0 radical (unpaired) electrons. The molecule has 2 nitrogen and oxygen atoms in total. The molecule has 100 valence electrons. The van der Waals surface area contributed by atoms with Crippen LogP contribution in [-0.4, -0.2) is 11.0 Å². The number of nitrogens with two attached hydrogens (primary N) is 1. The topological polar surface area (TPSA) is 38.0 Å². The van der Waals surface area contributed by atoms with Gasteiger partial charge in [-0.25, -0.2) is 0 Å². The fraction of sp³-hybridized carbons (Fsp3) is 0.600. The van der Waals surface area contributed by atoms with Crippen LogP contribution in [0.1, 0.15) is 43.9 Å². The fourth-order valence-electron chi connectivity index (χ4n) is 2.67. The second kappa shape index (κ2) is 6.60. The van der Waals surface area contributed by atoms with Crippen LogP contribution in [0, 0.1) is 5.92 Å². The van der Waals surface area contributed by atoms with E-state index in [0.717, 1.165) is 6.42 Å². The molecule has 0 spiro atoms. The van der Waals surface area contributed by atoms with Crippen molar-refractivity contribution in [3.63, 3.8) is 0 Å². The quantitative estimate of drug-likeness (QED) is 0.633. The van der Waals surface area contributed by atoms with E-state index in [1.54, 1.807) is 0 Å². The van der Waals surface area contributed by atoms with Crippen molar-refractivity contribution in [2.45, 2.75) is 44.4 Å². The number of hydrogen-bond donors (Lipinski definition) is 2. The first-order valence-electron chi connectivity index (χ1n) is 6.87. The first kappa shape index (κ1) is 13.9. The first-order chi connectivity index (χ1) is 8.70. The van der Waals surface area contributed by atoms with Crippen molar-refractivity contribution in [1.82, 2.24) is 5.43 Å². The molecule has 0 aromatic heterocycles. The summed E-state index contributed by atoms with van der Waals surface area (Å²) < 4.78 is 0. The van der Waals surface area contributed by atoms with Crippen molar-refractivity contribution < 1.29 is 0 Å². The SMILES string of the molecule is CC(C)Cc1cccc(C(NN)C2CCCS2)c1. The highest BCUT2D eigenvalue weighted by Gasteiger charge is 2.26. The van der Waals surface area contributed by atoms with Crippen LogP contribution >= 0.6 is 11.8 Å². The van der Waals surface area contributed by atoms with E-state index in [1.807, 2.05) is 11.8 Å². The van der Waals surface area contributed by atoms with E-state index in [9.17, 15) is 0 Å². The summed E-state index contributed by atoms with van der Waals surface area (Å²) in [5, 5.41) is 0.629. The number of thioether (sulfide) groups is 1. The van der Waals surface area contributed by atoms with E-state index >= 15 is 0 Å². The predicted octanol–water partition coefficient (Wildman–Crippen LogP) is 3.29. The highest BCUT2D eigenvalue weighted by molar-refractivity contribution is 8.00. The second-order valence-electron chi connectivity index (χ2n) is 5.54. The van der Waals surface area contributed by atoms with Crippen LogP contribution in [0.25, 0.3) is 0 Å². The Morgan fingerprint density at radius 2 is 2.28 bits per heavy atom. The molecular formula is C15H24N2S. The maximum atomic E-state index is 5.77. The van der Waals surface area contributed by atoms with Crippen molar-refractivity contribution in [1.29, 1.82) is 0 Å². The molecule has 2 atom stereocenters. The molecule has 1 aromatic rings. The summed E-state index contributed by atoms with van der Waals surface area (Å²) in [4.78, 5) is 0. The van der Waals surface area contributed by atoms with Gasteiger partial charge in [0.2, 0.25) is 0 Å². The molecule has 0 aliphatic carbocycles. The summed E-state index contributed by atoms with van der Waals surface area (Å²) in [7, 11) is 0. The summed E-state index contributed by atoms with van der Waals surface area (Å²) in [5.74, 6) is 7.74. The summed E-state index contributed by atoms with van der Waals surface area (Å²) >= 11 is 2.05. The highest BCUT2D eigenvalue weighted by atomic mass is 32.2. The van der Waals surface area contributed by atoms with Crippen LogP contribution in [0.5, 0.6) is 0 Å². The van der Waals surface area contributed by atoms with E-state index in [2.05, 4.69) is 43.5 Å². The normalized spacial score (nSPS) is 21.4. The highest BCUT2D eigenvalue weighted by Crippen LogP contribution is 2.35. The summed E-state index contributed by atoms with van der Waals surface area (Å²) in [6, 6.07) is 9.21. The Labute approximate surface area is 115 Å². The van der Waals surface area contributed by atoms with Gasteiger partial charge in [0.25, 0.3) is 0 Å². The zero-order chi connectivity index (χ0) is 13.0. The van der Waals surface area contributed by atoms with Crippen LogP contribution < -0.4 is 11.3 Å². The largest absolute Gasteiger partial charge is 0.271 e. The van der Waals surface area contributed by atoms with Gasteiger partial charge < -0.3 is 0 Å². The molecule has 1 heterocycles. The summed E-state index contributed by atoms with van der Waals surface area (Å²) in [6.45, 7) is 4.52. The average Bonchev–Trinajstić information content (AvgIpc) is 2.83. The van der Waals surface area contributed by atoms with Gasteiger partial charge in [0, 0.05) is 5.25 Å². The lowest BCUT2D eigenvalue weighted by Gasteiger charge is -2.23. The Hall–Kier alpha value is -0.510. The van der Waals surface area contributed by atoms with Crippen LogP contribution in [0.4, 0.5) is 0 Å². The molecule has 1 saturated heterocycles. The maximum absolute atomic E-state index is 5.77. The minimum Gasteiger partial charge on any atom is -0.271 e. The second-order valence-corrected chi connectivity index (χ2v) is 6.89. The van der Waals surface area contributed by atoms with Gasteiger partial charge in [-0.3, -0.25) is 11.3 Å². The minimum absolute atomic E-state index is 0.296. The molecule has 1 fully saturated rings. The molecule has 3 heteroatoms. The molecule has 0 saturated carbocycles. The van der Waals surface area contributed by atoms with Crippen LogP contribution in [0.2, 0.25) is 0 Å². The monoisotopic (exact) mass is 264 g/mol. The number of hydrogen-bond acceptors (Lipinski definition) is 3. The van der Waals surface area contributed by atoms with E-state index in [4.69, 9.17) is 5.84 Å². The number of nitrogens with one attached hydrogen (secondary N) is 1. The lowest BCUT2D eigenvalue weighted by atomic mass is 9.96. The van der Waals surface area contributed by atoms with E-state index in [0.29, 0.717) is 17.2 Å². The van der Waals surface area contributed by atoms with Crippen molar-refractivity contribution in [3.05, 3.63) is 35.4 Å². The zero-order valence-electron chi connectivity index (χ0n) is 11.4.